The van der Waals surface area contributed by atoms with E-state index in [0.29, 0.717) is 12.2 Å². The molecule has 2 heteroatoms. The maximum Gasteiger partial charge on any atom is 0.111 e. The monoisotopic (exact) mass is 166 g/mol. The number of allylic oxidation sites excluding steroid dienone is 2. The largest absolute Gasteiger partial charge is 0.508 e. The Balaban J connectivity index is 2.80. The van der Waals surface area contributed by atoms with Gasteiger partial charge in [0.15, 0.2) is 0 Å². The third-order valence-corrected chi connectivity index (χ3v) is 2.00. The normalized spacial score (nSPS) is 29.3. The van der Waals surface area contributed by atoms with Gasteiger partial charge in [-0.2, -0.15) is 0 Å². The summed E-state index contributed by atoms with van der Waals surface area (Å²) in [6.07, 6.45) is 9.89. The summed E-state index contributed by atoms with van der Waals surface area (Å²) >= 11 is 0. The molecule has 2 nitrogen and oxygen atoms in total. The van der Waals surface area contributed by atoms with E-state index in [1.807, 2.05) is 25.2 Å². The number of ether oxygens (including phenoxy) is 1. The van der Waals surface area contributed by atoms with E-state index in [2.05, 4.69) is 0 Å². The average molecular weight is 166 g/mol. The molecule has 0 aromatic heterocycles. The van der Waals surface area contributed by atoms with Gasteiger partial charge in [-0.3, -0.25) is 0 Å². The van der Waals surface area contributed by atoms with E-state index in [-0.39, 0.29) is 5.60 Å². The van der Waals surface area contributed by atoms with E-state index in [0.717, 1.165) is 0 Å². The standard InChI is InChI=1S/C10H14O2/c1-3-6-10(12-2)7-4-9(11)5-8-10/h3-7,11H,8H2,1-2H3. The molecule has 1 aliphatic rings. The molecule has 1 N–H and O–H groups in total. The molecule has 1 rings (SSSR count). The highest BCUT2D eigenvalue weighted by molar-refractivity contribution is 5.27. The summed E-state index contributed by atoms with van der Waals surface area (Å²) in [6, 6.07) is 0. The van der Waals surface area contributed by atoms with Crippen molar-refractivity contribution in [3.05, 3.63) is 36.1 Å². The Bertz CT molecular complexity index is 238. The maximum atomic E-state index is 9.10. The number of methoxy groups -OCH3 is 1. The molecule has 66 valence electrons. The van der Waals surface area contributed by atoms with Gasteiger partial charge in [-0.15, -0.1) is 0 Å². The van der Waals surface area contributed by atoms with Crippen molar-refractivity contribution in [1.82, 2.24) is 0 Å². The van der Waals surface area contributed by atoms with Crippen LogP contribution in [0.3, 0.4) is 0 Å². The molecular weight excluding hydrogens is 152 g/mol. The lowest BCUT2D eigenvalue weighted by Crippen LogP contribution is -2.26. The van der Waals surface area contributed by atoms with Gasteiger partial charge >= 0.3 is 0 Å². The van der Waals surface area contributed by atoms with Gasteiger partial charge in [-0.25, -0.2) is 0 Å². The van der Waals surface area contributed by atoms with Crippen LogP contribution in [0.1, 0.15) is 13.3 Å². The first kappa shape index (κ1) is 9.07. The lowest BCUT2D eigenvalue weighted by Gasteiger charge is -2.26. The average Bonchev–Trinajstić information content (AvgIpc) is 2.10. The van der Waals surface area contributed by atoms with Crippen LogP contribution in [0.5, 0.6) is 0 Å². The van der Waals surface area contributed by atoms with Crippen LogP contribution in [0.25, 0.3) is 0 Å². The van der Waals surface area contributed by atoms with Crippen molar-refractivity contribution in [3.63, 3.8) is 0 Å². The minimum Gasteiger partial charge on any atom is -0.508 e. The second-order valence-corrected chi connectivity index (χ2v) is 2.83. The second-order valence-electron chi connectivity index (χ2n) is 2.83. The first-order valence-electron chi connectivity index (χ1n) is 4.00. The minimum atomic E-state index is -0.346. The van der Waals surface area contributed by atoms with Crippen LogP contribution in [-0.2, 0) is 4.74 Å². The van der Waals surface area contributed by atoms with Gasteiger partial charge < -0.3 is 9.84 Å². The fourth-order valence-electron chi connectivity index (χ4n) is 1.25. The zero-order valence-electron chi connectivity index (χ0n) is 7.45. The summed E-state index contributed by atoms with van der Waals surface area (Å²) in [4.78, 5) is 0. The number of hydrogen-bond acceptors (Lipinski definition) is 2. The van der Waals surface area contributed by atoms with Gasteiger partial charge in [-0.1, -0.05) is 12.2 Å². The Morgan fingerprint density at radius 3 is 2.83 bits per heavy atom. The van der Waals surface area contributed by atoms with Crippen molar-refractivity contribution in [1.29, 1.82) is 0 Å². The molecule has 0 aliphatic heterocycles. The van der Waals surface area contributed by atoms with E-state index in [1.54, 1.807) is 19.3 Å². The predicted molar refractivity (Wildman–Crippen MR) is 49.0 cm³/mol. The van der Waals surface area contributed by atoms with Gasteiger partial charge in [0, 0.05) is 13.5 Å². The van der Waals surface area contributed by atoms with E-state index in [1.165, 1.54) is 0 Å². The highest BCUT2D eigenvalue weighted by atomic mass is 16.5. The highest BCUT2D eigenvalue weighted by Crippen LogP contribution is 2.24. The summed E-state index contributed by atoms with van der Waals surface area (Å²) in [5.74, 6) is 0.312. The molecule has 0 fully saturated rings. The van der Waals surface area contributed by atoms with Crippen molar-refractivity contribution >= 4 is 0 Å². The van der Waals surface area contributed by atoms with Gasteiger partial charge in [0.05, 0.1) is 0 Å². The molecule has 0 saturated carbocycles. The fraction of sp³-hybridized carbons (Fsp3) is 0.400. The van der Waals surface area contributed by atoms with E-state index in [9.17, 15) is 0 Å². The summed E-state index contributed by atoms with van der Waals surface area (Å²) < 4.78 is 5.34. The Labute approximate surface area is 72.9 Å². The second kappa shape index (κ2) is 3.59. The lowest BCUT2D eigenvalue weighted by atomic mass is 9.94. The van der Waals surface area contributed by atoms with Gasteiger partial charge in [0.2, 0.25) is 0 Å². The van der Waals surface area contributed by atoms with Crippen molar-refractivity contribution in [2.45, 2.75) is 18.9 Å². The molecular formula is C10H14O2. The maximum absolute atomic E-state index is 9.10. The number of aliphatic hydroxyl groups excluding tert-OH is 1. The van der Waals surface area contributed by atoms with Crippen LogP contribution in [-0.4, -0.2) is 17.8 Å². The zero-order valence-corrected chi connectivity index (χ0v) is 7.45. The molecule has 0 amide bonds. The van der Waals surface area contributed by atoms with Crippen molar-refractivity contribution in [3.8, 4) is 0 Å². The van der Waals surface area contributed by atoms with Crippen molar-refractivity contribution < 1.29 is 9.84 Å². The summed E-state index contributed by atoms with van der Waals surface area (Å²) in [6.45, 7) is 1.95. The van der Waals surface area contributed by atoms with Gasteiger partial charge in [0.25, 0.3) is 0 Å². The highest BCUT2D eigenvalue weighted by Gasteiger charge is 2.23. The molecule has 0 saturated heterocycles. The van der Waals surface area contributed by atoms with Crippen molar-refractivity contribution in [2.75, 3.05) is 7.11 Å². The number of rotatable bonds is 2. The zero-order chi connectivity index (χ0) is 9.03. The fourth-order valence-corrected chi connectivity index (χ4v) is 1.25. The van der Waals surface area contributed by atoms with Crippen molar-refractivity contribution in [2.24, 2.45) is 0 Å². The topological polar surface area (TPSA) is 29.5 Å². The van der Waals surface area contributed by atoms with Gasteiger partial charge in [-0.05, 0) is 25.2 Å². The van der Waals surface area contributed by atoms with Crippen LogP contribution < -0.4 is 0 Å². The predicted octanol–water partition coefficient (Wildman–Crippen LogP) is 2.35. The molecule has 0 heterocycles. The van der Waals surface area contributed by atoms with Crippen LogP contribution in [0.15, 0.2) is 36.1 Å². The summed E-state index contributed by atoms with van der Waals surface area (Å²) in [5, 5.41) is 9.10. The quantitative estimate of drug-likeness (QED) is 0.638. The van der Waals surface area contributed by atoms with Crippen LogP contribution >= 0.6 is 0 Å². The molecule has 0 aromatic carbocycles. The smallest absolute Gasteiger partial charge is 0.111 e. The minimum absolute atomic E-state index is 0.312. The Morgan fingerprint density at radius 1 is 1.67 bits per heavy atom. The third kappa shape index (κ3) is 1.77. The van der Waals surface area contributed by atoms with E-state index in [4.69, 9.17) is 9.84 Å². The first-order valence-corrected chi connectivity index (χ1v) is 4.00. The molecule has 0 spiro atoms. The van der Waals surface area contributed by atoms with Crippen LogP contribution in [0.4, 0.5) is 0 Å². The molecule has 0 aromatic rings. The molecule has 0 radical (unpaired) electrons. The van der Waals surface area contributed by atoms with Crippen LogP contribution in [0.2, 0.25) is 0 Å². The molecule has 1 aliphatic carbocycles. The van der Waals surface area contributed by atoms with E-state index >= 15 is 0 Å². The Hall–Kier alpha value is -1.02. The summed E-state index contributed by atoms with van der Waals surface area (Å²) in [7, 11) is 1.67. The SMILES string of the molecule is CC=CC1(OC)C=CC(O)=CC1. The summed E-state index contributed by atoms with van der Waals surface area (Å²) in [5.41, 5.74) is -0.346. The Kier molecular flexibility index (Phi) is 2.71. The first-order chi connectivity index (χ1) is 5.72. The van der Waals surface area contributed by atoms with E-state index < -0.39 is 0 Å². The molecule has 1 atom stereocenters. The Morgan fingerprint density at radius 2 is 2.42 bits per heavy atom. The molecule has 0 bridgehead atoms. The van der Waals surface area contributed by atoms with Gasteiger partial charge in [0.1, 0.15) is 11.4 Å². The molecule has 1 unspecified atom stereocenters. The number of aliphatic hydroxyl groups is 1. The lowest BCUT2D eigenvalue weighted by molar-refractivity contribution is 0.0741. The third-order valence-electron chi connectivity index (χ3n) is 2.00. The van der Waals surface area contributed by atoms with Crippen LogP contribution in [0, 0.1) is 0 Å². The number of hydrogen-bond donors (Lipinski definition) is 1. The molecule has 12 heavy (non-hydrogen) atoms.